The fourth-order valence-electron chi connectivity index (χ4n) is 1.03. The Labute approximate surface area is 106 Å². The zero-order chi connectivity index (χ0) is 15.0. The van der Waals surface area contributed by atoms with Gasteiger partial charge in [0.1, 0.15) is 18.3 Å². The summed E-state index contributed by atoms with van der Waals surface area (Å²) >= 11 is 0. The highest BCUT2D eigenvalue weighted by atomic mass is 16.4. The standard InChI is InChI=1S/C8H14N4O7/c9-12-11-4(15)1-10-8(19)7(18)6(17)5(16)3(14)2-13/h3,5-7,13-14,16-18H,1-2H2,(H,10,19). The second-order valence-electron chi connectivity index (χ2n) is 3.48. The fraction of sp³-hybridized carbons (Fsp3) is 0.750. The van der Waals surface area contributed by atoms with Crippen molar-refractivity contribution in [3.8, 4) is 0 Å². The van der Waals surface area contributed by atoms with Crippen molar-refractivity contribution in [1.29, 1.82) is 0 Å². The number of aliphatic hydroxyl groups excluding tert-OH is 5. The fourth-order valence-corrected chi connectivity index (χ4v) is 1.03. The summed E-state index contributed by atoms with van der Waals surface area (Å²) in [6.45, 7) is -1.59. The third-order valence-electron chi connectivity index (χ3n) is 2.09. The van der Waals surface area contributed by atoms with Crippen LogP contribution in [-0.4, -0.2) is 74.9 Å². The molecule has 0 spiro atoms. The molecule has 6 N–H and O–H groups in total. The lowest BCUT2D eigenvalue weighted by Crippen LogP contribution is -2.52. The SMILES string of the molecule is [N-]=[N+]=NC(=O)CNC(=O)C(O)C(O)C(O)C(O)CO. The minimum Gasteiger partial charge on any atom is -0.394 e. The van der Waals surface area contributed by atoms with E-state index in [0.29, 0.717) is 0 Å². The van der Waals surface area contributed by atoms with Gasteiger partial charge in [-0.15, -0.1) is 0 Å². The van der Waals surface area contributed by atoms with E-state index in [9.17, 15) is 24.9 Å². The quantitative estimate of drug-likeness (QED) is 0.157. The van der Waals surface area contributed by atoms with Crippen LogP contribution in [0.1, 0.15) is 0 Å². The van der Waals surface area contributed by atoms with Gasteiger partial charge >= 0.3 is 0 Å². The Bertz CT molecular complexity index is 370. The van der Waals surface area contributed by atoms with Gasteiger partial charge in [0.25, 0.3) is 5.91 Å². The molecule has 0 aliphatic heterocycles. The molecule has 0 aromatic heterocycles. The Morgan fingerprint density at radius 2 is 1.79 bits per heavy atom. The summed E-state index contributed by atoms with van der Waals surface area (Å²) in [5, 5.41) is 49.9. The van der Waals surface area contributed by atoms with E-state index >= 15 is 0 Å². The Kier molecular flexibility index (Phi) is 7.60. The Morgan fingerprint density at radius 1 is 1.21 bits per heavy atom. The highest BCUT2D eigenvalue weighted by Crippen LogP contribution is 2.05. The highest BCUT2D eigenvalue weighted by Gasteiger charge is 2.34. The molecule has 2 amide bonds. The number of azide groups is 1. The van der Waals surface area contributed by atoms with E-state index in [1.165, 1.54) is 0 Å². The number of nitrogens with one attached hydrogen (secondary N) is 1. The van der Waals surface area contributed by atoms with Crippen LogP contribution < -0.4 is 5.32 Å². The molecule has 0 aromatic rings. The summed E-state index contributed by atoms with van der Waals surface area (Å²) in [5.74, 6) is -2.24. The molecule has 0 heterocycles. The number of aliphatic hydroxyl groups is 5. The van der Waals surface area contributed by atoms with Gasteiger partial charge in [-0.05, 0) is 10.6 Å². The Balaban J connectivity index is 4.39. The highest BCUT2D eigenvalue weighted by molar-refractivity contribution is 5.87. The van der Waals surface area contributed by atoms with Crippen LogP contribution in [0.5, 0.6) is 0 Å². The van der Waals surface area contributed by atoms with Crippen molar-refractivity contribution in [2.75, 3.05) is 13.2 Å². The molecule has 0 saturated carbocycles. The summed E-state index contributed by atoms with van der Waals surface area (Å²) in [4.78, 5) is 24.1. The van der Waals surface area contributed by atoms with Crippen LogP contribution in [0.4, 0.5) is 0 Å². The van der Waals surface area contributed by atoms with Gasteiger partial charge in [0.2, 0.25) is 5.91 Å². The van der Waals surface area contributed by atoms with Crippen LogP contribution in [-0.2, 0) is 9.59 Å². The van der Waals surface area contributed by atoms with Gasteiger partial charge in [0, 0.05) is 4.91 Å². The predicted molar refractivity (Wildman–Crippen MR) is 58.3 cm³/mol. The van der Waals surface area contributed by atoms with Gasteiger partial charge < -0.3 is 30.8 Å². The van der Waals surface area contributed by atoms with Crippen molar-refractivity contribution in [3.05, 3.63) is 10.4 Å². The third-order valence-corrected chi connectivity index (χ3v) is 2.09. The van der Waals surface area contributed by atoms with Crippen LogP contribution in [0.15, 0.2) is 5.11 Å². The van der Waals surface area contributed by atoms with Gasteiger partial charge in [0.15, 0.2) is 6.10 Å². The average Bonchev–Trinajstić information content (AvgIpc) is 2.41. The van der Waals surface area contributed by atoms with E-state index in [4.69, 9.17) is 15.7 Å². The molecule has 11 heteroatoms. The van der Waals surface area contributed by atoms with Crippen molar-refractivity contribution >= 4 is 11.8 Å². The lowest BCUT2D eigenvalue weighted by molar-refractivity contribution is -0.149. The lowest BCUT2D eigenvalue weighted by atomic mass is 10.0. The maximum atomic E-state index is 11.2. The van der Waals surface area contributed by atoms with E-state index in [1.54, 1.807) is 0 Å². The number of carbonyl (C=O) groups excluding carboxylic acids is 2. The largest absolute Gasteiger partial charge is 0.394 e. The molecule has 0 bridgehead atoms. The zero-order valence-electron chi connectivity index (χ0n) is 9.62. The molecule has 11 nitrogen and oxygen atoms in total. The van der Waals surface area contributed by atoms with Crippen molar-refractivity contribution in [3.63, 3.8) is 0 Å². The topological polar surface area (TPSA) is 196 Å². The number of nitrogens with zero attached hydrogens (tertiary/aromatic N) is 3. The first kappa shape index (κ1) is 17.2. The molecule has 4 atom stereocenters. The molecule has 0 saturated heterocycles. The summed E-state index contributed by atoms with van der Waals surface area (Å²) in [6.07, 6.45) is -7.92. The van der Waals surface area contributed by atoms with Crippen LogP contribution >= 0.6 is 0 Å². The first-order valence-corrected chi connectivity index (χ1v) is 5.03. The second-order valence-corrected chi connectivity index (χ2v) is 3.48. The summed E-state index contributed by atoms with van der Waals surface area (Å²) < 4.78 is 0. The molecule has 19 heavy (non-hydrogen) atoms. The summed E-state index contributed by atoms with van der Waals surface area (Å²) in [6, 6.07) is 0. The van der Waals surface area contributed by atoms with Crippen molar-refractivity contribution in [2.45, 2.75) is 24.4 Å². The molecule has 0 rings (SSSR count). The Morgan fingerprint density at radius 3 is 2.26 bits per heavy atom. The van der Waals surface area contributed by atoms with Gasteiger partial charge in [0.05, 0.1) is 13.2 Å². The average molecular weight is 278 g/mol. The molecule has 0 aliphatic rings. The van der Waals surface area contributed by atoms with Gasteiger partial charge in [-0.1, -0.05) is 0 Å². The smallest absolute Gasteiger partial charge is 0.252 e. The first-order valence-electron chi connectivity index (χ1n) is 5.03. The van der Waals surface area contributed by atoms with Gasteiger partial charge in [-0.25, -0.2) is 0 Å². The van der Waals surface area contributed by atoms with E-state index in [1.807, 2.05) is 5.32 Å². The predicted octanol–water partition coefficient (Wildman–Crippen LogP) is -3.62. The molecular formula is C8H14N4O7. The summed E-state index contributed by atoms with van der Waals surface area (Å²) in [7, 11) is 0. The number of hydrogen-bond donors (Lipinski definition) is 6. The zero-order valence-corrected chi connectivity index (χ0v) is 9.62. The minimum absolute atomic E-state index is 0.703. The maximum Gasteiger partial charge on any atom is 0.252 e. The van der Waals surface area contributed by atoms with Crippen LogP contribution in [0, 0.1) is 0 Å². The third kappa shape index (κ3) is 5.61. The van der Waals surface area contributed by atoms with E-state index in [0.717, 1.165) is 0 Å². The molecule has 0 radical (unpaired) electrons. The molecule has 108 valence electrons. The van der Waals surface area contributed by atoms with Crippen LogP contribution in [0.2, 0.25) is 0 Å². The molecule has 0 aromatic carbocycles. The van der Waals surface area contributed by atoms with Crippen molar-refractivity contribution in [2.24, 2.45) is 5.11 Å². The van der Waals surface area contributed by atoms with E-state index in [-0.39, 0.29) is 0 Å². The van der Waals surface area contributed by atoms with Crippen molar-refractivity contribution < 1.29 is 35.1 Å². The number of rotatable bonds is 7. The lowest BCUT2D eigenvalue weighted by Gasteiger charge is -2.24. The molecule has 4 unspecified atom stereocenters. The summed E-state index contributed by atoms with van der Waals surface area (Å²) in [5.41, 5.74) is 7.91. The number of hydrogen-bond acceptors (Lipinski definition) is 7. The van der Waals surface area contributed by atoms with Crippen molar-refractivity contribution in [1.82, 2.24) is 5.32 Å². The molecule has 0 fully saturated rings. The minimum atomic E-state index is -2.14. The second kappa shape index (κ2) is 8.37. The van der Waals surface area contributed by atoms with Gasteiger partial charge in [-0.2, -0.15) is 0 Å². The first-order chi connectivity index (χ1) is 8.84. The number of carbonyl (C=O) groups is 2. The molecular weight excluding hydrogens is 264 g/mol. The van der Waals surface area contributed by atoms with Gasteiger partial charge in [-0.3, -0.25) is 9.59 Å². The normalized spacial score (nSPS) is 16.7. The van der Waals surface area contributed by atoms with E-state index < -0.39 is 49.4 Å². The van der Waals surface area contributed by atoms with E-state index in [2.05, 4.69) is 10.0 Å². The monoisotopic (exact) mass is 278 g/mol. The molecule has 0 aliphatic carbocycles. The maximum absolute atomic E-state index is 11.2. The Hall–Kier alpha value is -1.75. The number of amides is 2. The van der Waals surface area contributed by atoms with Crippen LogP contribution in [0.3, 0.4) is 0 Å². The van der Waals surface area contributed by atoms with Crippen LogP contribution in [0.25, 0.3) is 10.4 Å².